The summed E-state index contributed by atoms with van der Waals surface area (Å²) in [4.78, 5) is 30.5. The van der Waals surface area contributed by atoms with Gasteiger partial charge in [-0.05, 0) is 12.1 Å². The molecule has 0 radical (unpaired) electrons. The Hall–Kier alpha value is -2.30. The smallest absolute Gasteiger partial charge is 0.346 e. The number of ether oxygens (including phenoxy) is 1. The zero-order valence-electron chi connectivity index (χ0n) is 7.43. The minimum absolute atomic E-state index is 0.257. The van der Waals surface area contributed by atoms with E-state index in [2.05, 4.69) is 14.7 Å². The molecule has 2 aromatic rings. The molecule has 1 aliphatic rings. The summed E-state index contributed by atoms with van der Waals surface area (Å²) in [7, 11) is 0. The topological polar surface area (TPSA) is 69.2 Å². The summed E-state index contributed by atoms with van der Waals surface area (Å²) in [6.07, 6.45) is 3.05. The maximum Gasteiger partial charge on any atom is 0.346 e. The van der Waals surface area contributed by atoms with Crippen molar-refractivity contribution in [1.82, 2.24) is 9.97 Å². The normalized spacial score (nSPS) is 14.1. The van der Waals surface area contributed by atoms with Crippen LogP contribution >= 0.6 is 0 Å². The Balaban J connectivity index is 2.41. The Bertz CT molecular complexity index is 554. The van der Waals surface area contributed by atoms with Crippen LogP contribution < -0.4 is 0 Å². The molecule has 0 fully saturated rings. The average molecular weight is 200 g/mol. The molecule has 3 rings (SSSR count). The molecule has 5 nitrogen and oxygen atoms in total. The molecule has 0 amide bonds. The van der Waals surface area contributed by atoms with E-state index in [9.17, 15) is 9.59 Å². The van der Waals surface area contributed by atoms with Crippen LogP contribution in [0.4, 0.5) is 0 Å². The lowest BCUT2D eigenvalue weighted by Crippen LogP contribution is -1.96. The molecule has 1 aromatic carbocycles. The number of fused-ring (bicyclic) bond motifs is 2. The number of benzene rings is 1. The summed E-state index contributed by atoms with van der Waals surface area (Å²) in [6.45, 7) is 0. The first-order valence-electron chi connectivity index (χ1n) is 4.27. The molecule has 5 heteroatoms. The van der Waals surface area contributed by atoms with Gasteiger partial charge in [-0.3, -0.25) is 9.97 Å². The second-order valence-electron chi connectivity index (χ2n) is 3.12. The molecule has 0 N–H and O–H groups in total. The molecule has 0 saturated heterocycles. The van der Waals surface area contributed by atoms with Gasteiger partial charge in [0.15, 0.2) is 0 Å². The maximum atomic E-state index is 11.2. The van der Waals surface area contributed by atoms with E-state index in [4.69, 9.17) is 0 Å². The predicted molar refractivity (Wildman–Crippen MR) is 49.3 cm³/mol. The Morgan fingerprint density at radius 2 is 1.33 bits per heavy atom. The molecule has 72 valence electrons. The number of esters is 2. The third-order valence-electron chi connectivity index (χ3n) is 2.23. The molecule has 15 heavy (non-hydrogen) atoms. The van der Waals surface area contributed by atoms with Gasteiger partial charge >= 0.3 is 11.9 Å². The Morgan fingerprint density at radius 3 is 1.80 bits per heavy atom. The number of aromatic nitrogens is 2. The van der Waals surface area contributed by atoms with Crippen LogP contribution in [0.15, 0.2) is 24.5 Å². The number of hydrogen-bond donors (Lipinski definition) is 0. The van der Waals surface area contributed by atoms with Crippen molar-refractivity contribution < 1.29 is 14.3 Å². The van der Waals surface area contributed by atoms with E-state index in [-0.39, 0.29) is 11.1 Å². The molecule has 2 heterocycles. The first-order valence-corrected chi connectivity index (χ1v) is 4.27. The molecule has 0 bridgehead atoms. The van der Waals surface area contributed by atoms with E-state index in [0.29, 0.717) is 11.0 Å². The SMILES string of the molecule is O=C1OC(=O)c2cc3nccnc3cc21. The van der Waals surface area contributed by atoms with Crippen molar-refractivity contribution in [3.63, 3.8) is 0 Å². The lowest BCUT2D eigenvalue weighted by Gasteiger charge is -1.96. The summed E-state index contributed by atoms with van der Waals surface area (Å²) in [6, 6.07) is 3.04. The van der Waals surface area contributed by atoms with Crippen LogP contribution in [0.2, 0.25) is 0 Å². The minimum Gasteiger partial charge on any atom is -0.386 e. The summed E-state index contributed by atoms with van der Waals surface area (Å²) in [5, 5.41) is 0. The standard InChI is InChI=1S/C10H4N2O3/c13-9-5-3-7-8(12-2-1-11-7)4-6(5)10(14)15-9/h1-4H. The Labute approximate surface area is 83.7 Å². The fourth-order valence-electron chi connectivity index (χ4n) is 1.54. The van der Waals surface area contributed by atoms with Gasteiger partial charge in [0, 0.05) is 12.4 Å². The molecule has 0 spiro atoms. The van der Waals surface area contributed by atoms with Crippen molar-refractivity contribution in [2.45, 2.75) is 0 Å². The zero-order valence-corrected chi connectivity index (χ0v) is 7.43. The van der Waals surface area contributed by atoms with Crippen LogP contribution in [-0.4, -0.2) is 21.9 Å². The van der Waals surface area contributed by atoms with Gasteiger partial charge in [-0.15, -0.1) is 0 Å². The summed E-state index contributed by atoms with van der Waals surface area (Å²) >= 11 is 0. The van der Waals surface area contributed by atoms with Gasteiger partial charge < -0.3 is 4.74 Å². The minimum atomic E-state index is -0.623. The van der Waals surface area contributed by atoms with E-state index in [1.807, 2.05) is 0 Å². The lowest BCUT2D eigenvalue weighted by molar-refractivity contribution is 0.0444. The van der Waals surface area contributed by atoms with Crippen LogP contribution in [-0.2, 0) is 4.74 Å². The van der Waals surface area contributed by atoms with Crippen LogP contribution in [0.5, 0.6) is 0 Å². The highest BCUT2D eigenvalue weighted by atomic mass is 16.6. The second kappa shape index (κ2) is 2.60. The first-order chi connectivity index (χ1) is 7.25. The van der Waals surface area contributed by atoms with Gasteiger partial charge in [-0.25, -0.2) is 9.59 Å². The second-order valence-corrected chi connectivity index (χ2v) is 3.12. The van der Waals surface area contributed by atoms with Gasteiger partial charge in [0.05, 0.1) is 22.2 Å². The molecule has 0 saturated carbocycles. The summed E-state index contributed by atoms with van der Waals surface area (Å²) in [5.74, 6) is -1.25. The van der Waals surface area contributed by atoms with Gasteiger partial charge in [-0.2, -0.15) is 0 Å². The Morgan fingerprint density at radius 1 is 0.867 bits per heavy atom. The average Bonchev–Trinajstić information content (AvgIpc) is 2.52. The monoisotopic (exact) mass is 200 g/mol. The molecule has 0 aliphatic carbocycles. The number of carbonyl (C=O) groups excluding carboxylic acids is 2. The van der Waals surface area contributed by atoms with E-state index < -0.39 is 11.9 Å². The van der Waals surface area contributed by atoms with Crippen LogP contribution in [0, 0.1) is 0 Å². The first kappa shape index (κ1) is 8.05. The number of rotatable bonds is 0. The van der Waals surface area contributed by atoms with E-state index in [1.165, 1.54) is 24.5 Å². The van der Waals surface area contributed by atoms with Crippen molar-refractivity contribution in [1.29, 1.82) is 0 Å². The van der Waals surface area contributed by atoms with Crippen molar-refractivity contribution >= 4 is 23.0 Å². The number of cyclic esters (lactones) is 2. The molecular weight excluding hydrogens is 196 g/mol. The maximum absolute atomic E-state index is 11.2. The van der Waals surface area contributed by atoms with E-state index in [1.54, 1.807) is 0 Å². The highest BCUT2D eigenvalue weighted by Gasteiger charge is 2.30. The van der Waals surface area contributed by atoms with Crippen molar-refractivity contribution in [3.8, 4) is 0 Å². The zero-order chi connectivity index (χ0) is 10.4. The molecular formula is C10H4N2O3. The van der Waals surface area contributed by atoms with Crippen LogP contribution in [0.1, 0.15) is 20.7 Å². The highest BCUT2D eigenvalue weighted by molar-refractivity contribution is 6.16. The molecule has 0 unspecified atom stereocenters. The van der Waals surface area contributed by atoms with Crippen LogP contribution in [0.25, 0.3) is 11.0 Å². The van der Waals surface area contributed by atoms with Gasteiger partial charge in [-0.1, -0.05) is 0 Å². The molecule has 1 aliphatic heterocycles. The third-order valence-corrected chi connectivity index (χ3v) is 2.23. The van der Waals surface area contributed by atoms with Gasteiger partial charge in [0.25, 0.3) is 0 Å². The van der Waals surface area contributed by atoms with E-state index >= 15 is 0 Å². The predicted octanol–water partition coefficient (Wildman–Crippen LogP) is 0.940. The van der Waals surface area contributed by atoms with Crippen molar-refractivity contribution in [2.75, 3.05) is 0 Å². The summed E-state index contributed by atoms with van der Waals surface area (Å²) in [5.41, 5.74) is 1.66. The quantitative estimate of drug-likeness (QED) is 0.467. The van der Waals surface area contributed by atoms with Crippen molar-refractivity contribution in [3.05, 3.63) is 35.7 Å². The van der Waals surface area contributed by atoms with Crippen LogP contribution in [0.3, 0.4) is 0 Å². The van der Waals surface area contributed by atoms with Gasteiger partial charge in [0.2, 0.25) is 0 Å². The lowest BCUT2D eigenvalue weighted by atomic mass is 10.1. The van der Waals surface area contributed by atoms with E-state index in [0.717, 1.165) is 0 Å². The molecule has 1 aromatic heterocycles. The highest BCUT2D eigenvalue weighted by Crippen LogP contribution is 2.23. The van der Waals surface area contributed by atoms with Gasteiger partial charge in [0.1, 0.15) is 0 Å². The number of carbonyl (C=O) groups is 2. The third kappa shape index (κ3) is 1.03. The fourth-order valence-corrected chi connectivity index (χ4v) is 1.54. The Kier molecular flexibility index (Phi) is 1.39. The number of nitrogens with zero attached hydrogens (tertiary/aromatic N) is 2. The van der Waals surface area contributed by atoms with Crippen molar-refractivity contribution in [2.24, 2.45) is 0 Å². The fraction of sp³-hybridized carbons (Fsp3) is 0. The molecule has 0 atom stereocenters. The largest absolute Gasteiger partial charge is 0.386 e. The number of hydrogen-bond acceptors (Lipinski definition) is 5. The summed E-state index contributed by atoms with van der Waals surface area (Å²) < 4.78 is 4.47.